The third kappa shape index (κ3) is 6.38. The molecule has 2 aliphatic rings. The van der Waals surface area contributed by atoms with Crippen molar-refractivity contribution < 1.29 is 23.5 Å². The second kappa shape index (κ2) is 11.5. The summed E-state index contributed by atoms with van der Waals surface area (Å²) < 4.78 is 20.2. The second-order valence-electron chi connectivity index (χ2n) is 9.20. The fraction of sp³-hybridized carbons (Fsp3) is 0.423. The summed E-state index contributed by atoms with van der Waals surface area (Å²) in [6, 6.07) is 12.1. The van der Waals surface area contributed by atoms with Crippen molar-refractivity contribution in [3.8, 4) is 11.1 Å². The first-order valence-corrected chi connectivity index (χ1v) is 12.1. The Morgan fingerprint density at radius 3 is 2.47 bits per heavy atom. The van der Waals surface area contributed by atoms with Crippen LogP contribution in [0.3, 0.4) is 0 Å². The molecule has 2 aromatic rings. The molecule has 2 fully saturated rings. The Labute approximate surface area is 210 Å². The Morgan fingerprint density at radius 2 is 1.81 bits per heavy atom. The summed E-state index contributed by atoms with van der Waals surface area (Å²) in [4.78, 5) is 41.1. The number of likely N-dealkylation sites (N-methyl/N-ethyl adjacent to an activating group) is 1. The number of hydrogen-bond donors (Lipinski definition) is 2. The monoisotopic (exact) mass is 497 g/mol. The van der Waals surface area contributed by atoms with Crippen molar-refractivity contribution >= 4 is 23.6 Å². The van der Waals surface area contributed by atoms with Crippen molar-refractivity contribution in [3.05, 3.63) is 53.8 Å². The van der Waals surface area contributed by atoms with Crippen LogP contribution in [0, 0.1) is 5.82 Å². The third-order valence-corrected chi connectivity index (χ3v) is 6.44. The number of nitrogens with one attached hydrogen (secondary N) is 2. The van der Waals surface area contributed by atoms with Crippen molar-refractivity contribution in [2.45, 2.75) is 19.6 Å². The Bertz CT molecular complexity index is 1100. The Balaban J connectivity index is 1.31. The minimum Gasteiger partial charge on any atom is -0.442 e. The molecule has 2 aliphatic heterocycles. The summed E-state index contributed by atoms with van der Waals surface area (Å²) in [5, 5.41) is 5.81. The lowest BCUT2D eigenvalue weighted by Gasteiger charge is -2.32. The van der Waals surface area contributed by atoms with Crippen LogP contribution in [0.5, 0.6) is 0 Å². The number of amides is 3. The number of halogens is 1. The lowest BCUT2D eigenvalue weighted by molar-refractivity contribution is -0.131. The predicted octanol–water partition coefficient (Wildman–Crippen LogP) is 1.82. The van der Waals surface area contributed by atoms with E-state index in [4.69, 9.17) is 4.74 Å². The molecule has 2 aromatic carbocycles. The van der Waals surface area contributed by atoms with Gasteiger partial charge in [0.15, 0.2) is 0 Å². The SMILES string of the molecule is CC(=O)NC[C@H]1CN(c2ccc(-c3ccc(CNCC(=O)N4CCN(C)CC4)cc3)c(F)c2)C(=O)O1. The van der Waals surface area contributed by atoms with E-state index in [1.165, 1.54) is 17.9 Å². The van der Waals surface area contributed by atoms with Gasteiger partial charge in [0.25, 0.3) is 0 Å². The number of benzene rings is 2. The molecule has 4 rings (SSSR count). The minimum atomic E-state index is -0.569. The molecule has 0 aliphatic carbocycles. The van der Waals surface area contributed by atoms with Crippen LogP contribution >= 0.6 is 0 Å². The van der Waals surface area contributed by atoms with Gasteiger partial charge in [-0.2, -0.15) is 0 Å². The number of rotatable bonds is 8. The number of nitrogens with zero attached hydrogens (tertiary/aromatic N) is 3. The molecule has 2 heterocycles. The van der Waals surface area contributed by atoms with Crippen LogP contribution in [0.15, 0.2) is 42.5 Å². The number of anilines is 1. The predicted molar refractivity (Wildman–Crippen MR) is 134 cm³/mol. The van der Waals surface area contributed by atoms with Crippen LogP contribution < -0.4 is 15.5 Å². The molecule has 0 unspecified atom stereocenters. The number of piperazine rings is 1. The fourth-order valence-electron chi connectivity index (χ4n) is 4.29. The smallest absolute Gasteiger partial charge is 0.414 e. The summed E-state index contributed by atoms with van der Waals surface area (Å²) in [6.07, 6.45) is -1.05. The molecule has 0 spiro atoms. The van der Waals surface area contributed by atoms with Crippen LogP contribution in [0.1, 0.15) is 12.5 Å². The highest BCUT2D eigenvalue weighted by atomic mass is 19.1. The van der Waals surface area contributed by atoms with Crippen molar-refractivity contribution in [2.24, 2.45) is 0 Å². The standard InChI is InChI=1S/C26H32FN5O4/c1-18(33)29-15-22-17-32(26(35)36-22)21-7-8-23(24(27)13-21)20-5-3-19(4-6-20)14-28-16-25(34)31-11-9-30(2)10-12-31/h3-8,13,22,28H,9-12,14-17H2,1-2H3,(H,29,33)/t22-/m0/s1. The molecule has 9 nitrogen and oxygen atoms in total. The number of carbonyl (C=O) groups excluding carboxylic acids is 3. The van der Waals surface area contributed by atoms with Crippen molar-refractivity contribution in [2.75, 3.05) is 57.8 Å². The van der Waals surface area contributed by atoms with Gasteiger partial charge in [-0.25, -0.2) is 9.18 Å². The zero-order chi connectivity index (χ0) is 25.7. The van der Waals surface area contributed by atoms with Gasteiger partial charge in [0, 0.05) is 45.2 Å². The number of carbonyl (C=O) groups is 3. The van der Waals surface area contributed by atoms with Crippen molar-refractivity contribution in [3.63, 3.8) is 0 Å². The van der Waals surface area contributed by atoms with E-state index in [0.29, 0.717) is 23.4 Å². The van der Waals surface area contributed by atoms with Crippen LogP contribution in [-0.2, 0) is 20.9 Å². The summed E-state index contributed by atoms with van der Waals surface area (Å²) >= 11 is 0. The Kier molecular flexibility index (Phi) is 8.17. The van der Waals surface area contributed by atoms with Gasteiger partial charge in [0.1, 0.15) is 11.9 Å². The number of ether oxygens (including phenoxy) is 1. The highest BCUT2D eigenvalue weighted by Gasteiger charge is 2.32. The van der Waals surface area contributed by atoms with E-state index in [1.807, 2.05) is 29.2 Å². The maximum absolute atomic E-state index is 15.0. The molecule has 0 bridgehead atoms. The zero-order valence-electron chi connectivity index (χ0n) is 20.6. The Morgan fingerprint density at radius 1 is 1.08 bits per heavy atom. The Hall–Kier alpha value is -3.50. The number of hydrogen-bond acceptors (Lipinski definition) is 6. The molecule has 0 saturated carbocycles. The maximum Gasteiger partial charge on any atom is 0.414 e. The zero-order valence-corrected chi connectivity index (χ0v) is 20.6. The highest BCUT2D eigenvalue weighted by molar-refractivity contribution is 5.90. The lowest BCUT2D eigenvalue weighted by Crippen LogP contribution is -2.49. The van der Waals surface area contributed by atoms with Gasteiger partial charge in [0.2, 0.25) is 11.8 Å². The second-order valence-corrected chi connectivity index (χ2v) is 9.20. The van der Waals surface area contributed by atoms with Crippen LogP contribution in [0.2, 0.25) is 0 Å². The van der Waals surface area contributed by atoms with Gasteiger partial charge in [-0.3, -0.25) is 14.5 Å². The van der Waals surface area contributed by atoms with Gasteiger partial charge in [-0.05, 0) is 36.4 Å². The van der Waals surface area contributed by atoms with Gasteiger partial charge >= 0.3 is 6.09 Å². The summed E-state index contributed by atoms with van der Waals surface area (Å²) in [5.41, 5.74) is 2.53. The van der Waals surface area contributed by atoms with E-state index in [9.17, 15) is 18.8 Å². The molecular weight excluding hydrogens is 465 g/mol. The fourth-order valence-corrected chi connectivity index (χ4v) is 4.29. The average Bonchev–Trinajstić information content (AvgIpc) is 3.24. The topological polar surface area (TPSA) is 94.2 Å². The van der Waals surface area contributed by atoms with E-state index in [2.05, 4.69) is 22.6 Å². The molecule has 3 amide bonds. The normalized spacial score (nSPS) is 18.3. The average molecular weight is 498 g/mol. The molecule has 0 radical (unpaired) electrons. The van der Waals surface area contributed by atoms with Crippen LogP contribution in [0.25, 0.3) is 11.1 Å². The van der Waals surface area contributed by atoms with Gasteiger partial charge in [-0.15, -0.1) is 0 Å². The van der Waals surface area contributed by atoms with Gasteiger partial charge in [-0.1, -0.05) is 24.3 Å². The summed E-state index contributed by atoms with van der Waals surface area (Å²) in [7, 11) is 2.06. The molecule has 2 N–H and O–H groups in total. The van der Waals surface area contributed by atoms with Gasteiger partial charge in [0.05, 0.1) is 25.3 Å². The van der Waals surface area contributed by atoms with E-state index in [1.54, 1.807) is 12.1 Å². The van der Waals surface area contributed by atoms with E-state index < -0.39 is 18.0 Å². The third-order valence-electron chi connectivity index (χ3n) is 6.44. The van der Waals surface area contributed by atoms with Crippen LogP contribution in [0.4, 0.5) is 14.9 Å². The van der Waals surface area contributed by atoms with E-state index in [0.717, 1.165) is 31.7 Å². The maximum atomic E-state index is 15.0. The lowest BCUT2D eigenvalue weighted by atomic mass is 10.0. The van der Waals surface area contributed by atoms with Crippen molar-refractivity contribution in [1.82, 2.24) is 20.4 Å². The number of cyclic esters (lactones) is 1. The molecule has 0 aromatic heterocycles. The first kappa shape index (κ1) is 25.6. The molecule has 10 heteroatoms. The van der Waals surface area contributed by atoms with E-state index in [-0.39, 0.29) is 31.4 Å². The minimum absolute atomic E-state index is 0.102. The molecule has 1 atom stereocenters. The molecule has 2 saturated heterocycles. The molecule has 192 valence electrons. The summed E-state index contributed by atoms with van der Waals surface area (Å²) in [5.74, 6) is -0.555. The van der Waals surface area contributed by atoms with Gasteiger partial charge < -0.3 is 25.2 Å². The molecule has 36 heavy (non-hydrogen) atoms. The van der Waals surface area contributed by atoms with Crippen LogP contribution in [-0.4, -0.2) is 86.7 Å². The quantitative estimate of drug-likeness (QED) is 0.578. The largest absolute Gasteiger partial charge is 0.442 e. The first-order chi connectivity index (χ1) is 17.3. The molecular formula is C26H32FN5O4. The first-order valence-electron chi connectivity index (χ1n) is 12.1. The van der Waals surface area contributed by atoms with Crippen molar-refractivity contribution in [1.29, 1.82) is 0 Å². The van der Waals surface area contributed by atoms with E-state index >= 15 is 0 Å². The summed E-state index contributed by atoms with van der Waals surface area (Å²) in [6.45, 7) is 5.96. The highest BCUT2D eigenvalue weighted by Crippen LogP contribution is 2.29.